The van der Waals surface area contributed by atoms with Gasteiger partial charge in [0.15, 0.2) is 0 Å². The Hall–Kier alpha value is -0.420. The van der Waals surface area contributed by atoms with E-state index in [1.165, 1.54) is 30.8 Å². The molecule has 1 amide bonds. The van der Waals surface area contributed by atoms with Crippen LogP contribution in [0, 0.1) is 0 Å². The molecule has 2 fully saturated rings. The fraction of sp³-hybridized carbons (Fsp3) is 0.938. The van der Waals surface area contributed by atoms with Crippen LogP contribution in [0.5, 0.6) is 0 Å². The van der Waals surface area contributed by atoms with E-state index in [-0.39, 0.29) is 6.09 Å². The number of rotatable bonds is 2. The van der Waals surface area contributed by atoms with E-state index in [4.69, 9.17) is 4.74 Å². The summed E-state index contributed by atoms with van der Waals surface area (Å²) in [6.07, 6.45) is 5.76. The van der Waals surface area contributed by atoms with Crippen molar-refractivity contribution in [3.8, 4) is 0 Å². The zero-order valence-electron chi connectivity index (χ0n) is 13.7. The van der Waals surface area contributed by atoms with E-state index < -0.39 is 5.60 Å². The van der Waals surface area contributed by atoms with E-state index in [0.29, 0.717) is 12.1 Å². The van der Waals surface area contributed by atoms with Crippen LogP contribution in [0.3, 0.4) is 0 Å². The van der Waals surface area contributed by atoms with Crippen LogP contribution in [-0.4, -0.2) is 53.3 Å². The average Bonchev–Trinajstić information content (AvgIpc) is 2.64. The van der Waals surface area contributed by atoms with Gasteiger partial charge < -0.3 is 15.0 Å². The minimum Gasteiger partial charge on any atom is -0.444 e. The molecule has 2 aliphatic rings. The Balaban J connectivity index is 1.77. The summed E-state index contributed by atoms with van der Waals surface area (Å²) in [5.41, 5.74) is -0.402. The predicted molar refractivity (Wildman–Crippen MR) is 88.9 cm³/mol. The molecule has 0 aromatic carbocycles. The Morgan fingerprint density at radius 1 is 1.14 bits per heavy atom. The summed E-state index contributed by atoms with van der Waals surface area (Å²) >= 11 is 2.06. The van der Waals surface area contributed by atoms with Crippen molar-refractivity contribution in [1.29, 1.82) is 0 Å². The number of likely N-dealkylation sites (tertiary alicyclic amines) is 1. The fourth-order valence-corrected chi connectivity index (χ4v) is 4.06. The lowest BCUT2D eigenvalue weighted by Crippen LogP contribution is -2.42. The Labute approximate surface area is 133 Å². The number of ether oxygens (including phenoxy) is 1. The molecular weight excluding hydrogens is 284 g/mol. The van der Waals surface area contributed by atoms with Gasteiger partial charge >= 0.3 is 6.09 Å². The van der Waals surface area contributed by atoms with Crippen molar-refractivity contribution in [1.82, 2.24) is 10.2 Å². The number of hydrogen-bond donors (Lipinski definition) is 1. The Morgan fingerprint density at radius 3 is 2.57 bits per heavy atom. The highest BCUT2D eigenvalue weighted by Crippen LogP contribution is 2.20. The van der Waals surface area contributed by atoms with Crippen molar-refractivity contribution < 1.29 is 9.53 Å². The van der Waals surface area contributed by atoms with Gasteiger partial charge in [0.1, 0.15) is 5.60 Å². The first-order valence-electron chi connectivity index (χ1n) is 8.26. The summed E-state index contributed by atoms with van der Waals surface area (Å²) in [4.78, 5) is 14.0. The topological polar surface area (TPSA) is 41.6 Å². The van der Waals surface area contributed by atoms with E-state index in [9.17, 15) is 4.79 Å². The molecule has 2 saturated heterocycles. The summed E-state index contributed by atoms with van der Waals surface area (Å²) in [5, 5.41) is 3.81. The molecule has 2 rings (SSSR count). The Morgan fingerprint density at radius 2 is 1.90 bits per heavy atom. The number of carbonyl (C=O) groups excluding carboxylic acids is 1. The smallest absolute Gasteiger partial charge is 0.410 e. The number of nitrogens with zero attached hydrogens (tertiary/aromatic N) is 1. The van der Waals surface area contributed by atoms with E-state index in [0.717, 1.165) is 25.9 Å². The van der Waals surface area contributed by atoms with Crippen molar-refractivity contribution in [2.45, 2.75) is 70.6 Å². The van der Waals surface area contributed by atoms with Gasteiger partial charge in [-0.05, 0) is 58.6 Å². The van der Waals surface area contributed by atoms with Crippen LogP contribution in [-0.2, 0) is 4.74 Å². The van der Waals surface area contributed by atoms with E-state index in [1.54, 1.807) is 0 Å². The van der Waals surface area contributed by atoms with Crippen LogP contribution in [0.2, 0.25) is 0 Å². The summed E-state index contributed by atoms with van der Waals surface area (Å²) in [7, 11) is 0. The third-order valence-electron chi connectivity index (χ3n) is 4.01. The molecule has 0 aliphatic carbocycles. The number of nitrogens with one attached hydrogen (secondary N) is 1. The molecule has 0 saturated carbocycles. The molecule has 2 aliphatic heterocycles. The maximum Gasteiger partial charge on any atom is 0.410 e. The highest BCUT2D eigenvalue weighted by atomic mass is 32.2. The maximum absolute atomic E-state index is 12.1. The molecule has 5 heteroatoms. The van der Waals surface area contributed by atoms with Crippen molar-refractivity contribution in [2.75, 3.05) is 24.6 Å². The SMILES string of the molecule is CC(C)(C)OC(=O)N1CCCC(NC2CCCSC2)CC1. The maximum atomic E-state index is 12.1. The molecule has 21 heavy (non-hydrogen) atoms. The lowest BCUT2D eigenvalue weighted by Gasteiger charge is -2.28. The fourth-order valence-electron chi connectivity index (χ4n) is 2.98. The second-order valence-electron chi connectivity index (χ2n) is 7.18. The van der Waals surface area contributed by atoms with Crippen molar-refractivity contribution in [2.24, 2.45) is 0 Å². The molecule has 0 bridgehead atoms. The molecule has 2 heterocycles. The van der Waals surface area contributed by atoms with Crippen molar-refractivity contribution in [3.05, 3.63) is 0 Å². The van der Waals surface area contributed by atoms with Crippen molar-refractivity contribution >= 4 is 17.9 Å². The normalized spacial score (nSPS) is 28.0. The number of hydrogen-bond acceptors (Lipinski definition) is 4. The highest BCUT2D eigenvalue weighted by molar-refractivity contribution is 7.99. The molecule has 2 unspecified atom stereocenters. The van der Waals surface area contributed by atoms with Crippen LogP contribution >= 0.6 is 11.8 Å². The molecule has 0 aromatic heterocycles. The zero-order chi connectivity index (χ0) is 15.3. The van der Waals surface area contributed by atoms with Gasteiger partial charge in [-0.15, -0.1) is 0 Å². The van der Waals surface area contributed by atoms with Crippen LogP contribution in [0.25, 0.3) is 0 Å². The largest absolute Gasteiger partial charge is 0.444 e. The third-order valence-corrected chi connectivity index (χ3v) is 5.23. The highest BCUT2D eigenvalue weighted by Gasteiger charge is 2.26. The van der Waals surface area contributed by atoms with Gasteiger partial charge in [-0.3, -0.25) is 0 Å². The Bertz CT molecular complexity index is 338. The molecule has 1 N–H and O–H groups in total. The van der Waals surface area contributed by atoms with Gasteiger partial charge in [-0.25, -0.2) is 4.79 Å². The number of amides is 1. The third kappa shape index (κ3) is 6.07. The van der Waals surface area contributed by atoms with Gasteiger partial charge in [0, 0.05) is 30.9 Å². The van der Waals surface area contributed by atoms with Gasteiger partial charge in [-0.1, -0.05) is 0 Å². The van der Waals surface area contributed by atoms with Gasteiger partial charge in [0.05, 0.1) is 0 Å². The first kappa shape index (κ1) is 16.9. The molecule has 0 spiro atoms. The summed E-state index contributed by atoms with van der Waals surface area (Å²) in [6, 6.07) is 1.22. The van der Waals surface area contributed by atoms with Crippen LogP contribution in [0.1, 0.15) is 52.9 Å². The van der Waals surface area contributed by atoms with E-state index in [1.807, 2.05) is 25.7 Å². The summed E-state index contributed by atoms with van der Waals surface area (Å²) < 4.78 is 5.48. The van der Waals surface area contributed by atoms with Crippen LogP contribution < -0.4 is 5.32 Å². The van der Waals surface area contributed by atoms with Crippen molar-refractivity contribution in [3.63, 3.8) is 0 Å². The zero-order valence-corrected chi connectivity index (χ0v) is 14.5. The van der Waals surface area contributed by atoms with E-state index >= 15 is 0 Å². The minimum absolute atomic E-state index is 0.156. The number of carbonyl (C=O) groups is 1. The first-order valence-corrected chi connectivity index (χ1v) is 9.41. The summed E-state index contributed by atoms with van der Waals surface area (Å²) in [5.74, 6) is 2.56. The molecule has 0 radical (unpaired) electrons. The minimum atomic E-state index is -0.402. The predicted octanol–water partition coefficient (Wildman–Crippen LogP) is 3.26. The lowest BCUT2D eigenvalue weighted by atomic mass is 10.1. The summed E-state index contributed by atoms with van der Waals surface area (Å²) in [6.45, 7) is 7.41. The first-order chi connectivity index (χ1) is 9.94. The molecule has 2 atom stereocenters. The quantitative estimate of drug-likeness (QED) is 0.849. The van der Waals surface area contributed by atoms with E-state index in [2.05, 4.69) is 17.1 Å². The average molecular weight is 314 g/mol. The standard InChI is InChI=1S/C16H30N2O2S/c1-16(2,3)20-15(19)18-9-4-6-13(8-10-18)17-14-7-5-11-21-12-14/h13-14,17H,4-12H2,1-3H3. The molecule has 122 valence electrons. The molecule has 0 aromatic rings. The molecule has 4 nitrogen and oxygen atoms in total. The molecular formula is C16H30N2O2S. The van der Waals surface area contributed by atoms with Crippen LogP contribution in [0.4, 0.5) is 4.79 Å². The van der Waals surface area contributed by atoms with Crippen LogP contribution in [0.15, 0.2) is 0 Å². The second kappa shape index (κ2) is 7.73. The van der Waals surface area contributed by atoms with Gasteiger partial charge in [0.2, 0.25) is 0 Å². The lowest BCUT2D eigenvalue weighted by molar-refractivity contribution is 0.0256. The Kier molecular flexibility index (Phi) is 6.23. The van der Waals surface area contributed by atoms with Gasteiger partial charge in [-0.2, -0.15) is 11.8 Å². The van der Waals surface area contributed by atoms with Gasteiger partial charge in [0.25, 0.3) is 0 Å². The monoisotopic (exact) mass is 314 g/mol. The number of thioether (sulfide) groups is 1. The second-order valence-corrected chi connectivity index (χ2v) is 8.33.